The molecule has 0 aliphatic heterocycles. The molecule has 0 bridgehead atoms. The molecule has 4 rings (SSSR count). The predicted molar refractivity (Wildman–Crippen MR) is 141 cm³/mol. The van der Waals surface area contributed by atoms with Crippen molar-refractivity contribution in [1.82, 2.24) is 0 Å². The van der Waals surface area contributed by atoms with Gasteiger partial charge in [-0.25, -0.2) is 48.5 Å². The summed E-state index contributed by atoms with van der Waals surface area (Å²) < 4.78 is 0. The molecule has 4 aromatic rings. The normalized spacial score (nSPS) is 6.39. The topological polar surface area (TPSA) is 0 Å². The SMILES string of the molecule is C.C.CCc1ccc[cH-]1.Cc1ccc[cH-]1.[CH3-].[CH3-].[CH3-].[CH3-].[Fe+4].[Fe+4].c1cc[cH-]c1.c1cc[cH-]c1. The molecule has 0 amide bonds. The van der Waals surface area contributed by atoms with E-state index in [1.807, 2.05) is 72.8 Å². The summed E-state index contributed by atoms with van der Waals surface area (Å²) in [7, 11) is 0. The zero-order valence-corrected chi connectivity index (χ0v) is 21.0. The van der Waals surface area contributed by atoms with Gasteiger partial charge in [-0.05, 0) is 0 Å². The smallest absolute Gasteiger partial charge is 0.358 e. The Morgan fingerprint density at radius 2 is 0.968 bits per heavy atom. The molecule has 0 saturated heterocycles. The fraction of sp³-hybridized carbons (Fsp3) is 0.172. The van der Waals surface area contributed by atoms with E-state index in [0.717, 1.165) is 6.42 Å². The first-order chi connectivity index (χ1) is 11.3. The van der Waals surface area contributed by atoms with E-state index in [9.17, 15) is 0 Å². The molecule has 0 aliphatic rings. The zero-order chi connectivity index (χ0) is 16.6. The Morgan fingerprint density at radius 1 is 0.581 bits per heavy atom. The summed E-state index contributed by atoms with van der Waals surface area (Å²) in [6.45, 7) is 4.25. The Morgan fingerprint density at radius 3 is 1.10 bits per heavy atom. The van der Waals surface area contributed by atoms with Crippen LogP contribution in [0, 0.1) is 36.6 Å². The van der Waals surface area contributed by atoms with Gasteiger partial charge in [0.15, 0.2) is 0 Å². The van der Waals surface area contributed by atoms with Crippen LogP contribution in [-0.2, 0) is 40.6 Å². The summed E-state index contributed by atoms with van der Waals surface area (Å²) in [6.07, 6.45) is 1.16. The molecule has 0 N–H and O–H groups in total. The molecule has 31 heavy (non-hydrogen) atoms. The van der Waals surface area contributed by atoms with Gasteiger partial charge in [-0.2, -0.15) is 71.8 Å². The Bertz CT molecular complexity index is 552. The molecule has 0 spiro atoms. The van der Waals surface area contributed by atoms with Crippen molar-refractivity contribution in [3.05, 3.63) is 150 Å². The fourth-order valence-electron chi connectivity index (χ4n) is 1.76. The molecule has 2 heteroatoms. The van der Waals surface area contributed by atoms with Crippen LogP contribution in [0.3, 0.4) is 0 Å². The van der Waals surface area contributed by atoms with Gasteiger partial charge in [-0.1, -0.05) is 35.1 Å². The van der Waals surface area contributed by atoms with Crippen molar-refractivity contribution in [3.8, 4) is 0 Å². The Balaban J connectivity index is -0.0000000351. The summed E-state index contributed by atoms with van der Waals surface area (Å²) in [5.41, 5.74) is 2.77. The quantitative estimate of drug-likeness (QED) is 0.178. The zero-order valence-electron chi connectivity index (χ0n) is 18.8. The van der Waals surface area contributed by atoms with Crippen molar-refractivity contribution in [1.29, 1.82) is 0 Å². The van der Waals surface area contributed by atoms with Crippen LogP contribution in [0.1, 0.15) is 32.9 Å². The van der Waals surface area contributed by atoms with E-state index < -0.39 is 0 Å². The number of hydrogen-bond donors (Lipinski definition) is 0. The van der Waals surface area contributed by atoms with E-state index in [-0.39, 0.29) is 78.7 Å². The van der Waals surface area contributed by atoms with Crippen molar-refractivity contribution >= 4 is 0 Å². The number of rotatable bonds is 1. The van der Waals surface area contributed by atoms with Crippen LogP contribution in [0.25, 0.3) is 0 Å². The van der Waals surface area contributed by atoms with Gasteiger partial charge in [-0.15, -0.1) is 0 Å². The minimum atomic E-state index is 0. The second-order valence-electron chi connectivity index (χ2n) is 5.03. The van der Waals surface area contributed by atoms with Gasteiger partial charge in [0.25, 0.3) is 0 Å². The molecule has 0 radical (unpaired) electrons. The van der Waals surface area contributed by atoms with Gasteiger partial charge >= 0.3 is 34.1 Å². The number of hydrogen-bond acceptors (Lipinski definition) is 0. The third-order valence-electron chi connectivity index (χ3n) is 3.08. The molecule has 0 aromatic heterocycles. The maximum atomic E-state index is 2.16. The van der Waals surface area contributed by atoms with Crippen molar-refractivity contribution in [2.45, 2.75) is 35.1 Å². The standard InChI is InChI=1S/C7H9.C6H7.2C5H5.2CH4.4CH3.2Fe/c1-2-7-5-3-4-6-7;1-6-4-2-3-5-6;2*1-2-4-5-3-1;;;;;;;;/h3-6H,2H2,1H3;2-5H,1H3;2*1-5H;2*1H4;4*1H3;;/q4*-1;;;4*-1;2*+4. The van der Waals surface area contributed by atoms with Gasteiger partial charge in [0.05, 0.1) is 0 Å². The molecule has 0 aliphatic carbocycles. The molecular weight excluding hydrogens is 460 g/mol. The third-order valence-corrected chi connectivity index (χ3v) is 3.08. The fourth-order valence-corrected chi connectivity index (χ4v) is 1.76. The van der Waals surface area contributed by atoms with Crippen molar-refractivity contribution in [2.24, 2.45) is 0 Å². The monoisotopic (exact) mass is 506 g/mol. The van der Waals surface area contributed by atoms with Crippen molar-refractivity contribution in [3.63, 3.8) is 0 Å². The van der Waals surface area contributed by atoms with E-state index in [4.69, 9.17) is 0 Å². The summed E-state index contributed by atoms with van der Waals surface area (Å²) in [4.78, 5) is 0. The van der Waals surface area contributed by atoms with E-state index in [2.05, 4.69) is 50.2 Å². The molecule has 0 fully saturated rings. The summed E-state index contributed by atoms with van der Waals surface area (Å²) in [5, 5.41) is 0. The summed E-state index contributed by atoms with van der Waals surface area (Å²) in [6, 6.07) is 36.7. The molecule has 0 nitrogen and oxygen atoms in total. The Kier molecular flexibility index (Phi) is 65.1. The maximum absolute atomic E-state index is 2.16. The molecule has 178 valence electrons. The minimum Gasteiger partial charge on any atom is -0.358 e. The average Bonchev–Trinajstić information content (AvgIpc) is 3.40. The molecule has 0 unspecified atom stereocenters. The van der Waals surface area contributed by atoms with Gasteiger partial charge in [-0.3, -0.25) is 0 Å². The van der Waals surface area contributed by atoms with E-state index in [0.29, 0.717) is 0 Å². The van der Waals surface area contributed by atoms with Gasteiger partial charge < -0.3 is 29.7 Å². The first-order valence-corrected chi connectivity index (χ1v) is 8.05. The molecule has 0 heterocycles. The summed E-state index contributed by atoms with van der Waals surface area (Å²) >= 11 is 0. The predicted octanol–water partition coefficient (Wildman–Crippen LogP) is 9.56. The van der Waals surface area contributed by atoms with Gasteiger partial charge in [0, 0.05) is 0 Å². The number of aryl methyl sites for hydroxylation is 2. The van der Waals surface area contributed by atoms with Crippen LogP contribution in [0.4, 0.5) is 0 Å². The van der Waals surface area contributed by atoms with Crippen molar-refractivity contribution in [2.75, 3.05) is 0 Å². The van der Waals surface area contributed by atoms with Crippen LogP contribution < -0.4 is 0 Å². The van der Waals surface area contributed by atoms with Crippen LogP contribution in [-0.4, -0.2) is 0 Å². The van der Waals surface area contributed by atoms with Crippen molar-refractivity contribution < 1.29 is 34.1 Å². The molecule has 0 atom stereocenters. The largest absolute Gasteiger partial charge is 4.00 e. The Hall–Kier alpha value is -1.56. The van der Waals surface area contributed by atoms with E-state index >= 15 is 0 Å². The van der Waals surface area contributed by atoms with Gasteiger partial charge in [0.1, 0.15) is 0 Å². The molecule has 0 saturated carbocycles. The Labute approximate surface area is 218 Å². The first kappa shape index (κ1) is 51.8. The first-order valence-electron chi connectivity index (χ1n) is 8.05. The van der Waals surface area contributed by atoms with Gasteiger partial charge in [0.2, 0.25) is 0 Å². The third kappa shape index (κ3) is 33.3. The second-order valence-corrected chi connectivity index (χ2v) is 5.03. The van der Waals surface area contributed by atoms with Crippen LogP contribution in [0.2, 0.25) is 0 Å². The second kappa shape index (κ2) is 39.0. The molecule has 4 aromatic carbocycles. The van der Waals surface area contributed by atoms with E-state index in [1.54, 1.807) is 0 Å². The van der Waals surface area contributed by atoms with E-state index in [1.165, 1.54) is 11.1 Å². The maximum Gasteiger partial charge on any atom is 4.00 e. The minimum absolute atomic E-state index is 0. The average molecular weight is 506 g/mol. The van der Waals surface area contributed by atoms with Crippen LogP contribution in [0.5, 0.6) is 0 Å². The molecular formula is C29H46Fe2. The van der Waals surface area contributed by atoms with Crippen LogP contribution in [0.15, 0.2) is 109 Å². The van der Waals surface area contributed by atoms with Crippen LogP contribution >= 0.6 is 0 Å². The summed E-state index contributed by atoms with van der Waals surface area (Å²) in [5.74, 6) is 0.